The SMILES string of the molecule is CN(Cc1ccccc1)c1cccc(CN2CC3N(C(=O)CN(C)N3C=O)[C@@H](Cc3ccc(O)cc3)C2=O)c1. The van der Waals surface area contributed by atoms with E-state index in [2.05, 4.69) is 23.1 Å². The molecule has 2 atom stereocenters. The molecule has 0 aliphatic carbocycles. The number of carbonyl (C=O) groups excluding carboxylic acids is 3. The van der Waals surface area contributed by atoms with Crippen LogP contribution in [0.3, 0.4) is 0 Å². The Kier molecular flexibility index (Phi) is 7.51. The Morgan fingerprint density at radius 3 is 2.38 bits per heavy atom. The summed E-state index contributed by atoms with van der Waals surface area (Å²) in [4.78, 5) is 44.6. The van der Waals surface area contributed by atoms with Crippen LogP contribution in [0.15, 0.2) is 78.9 Å². The van der Waals surface area contributed by atoms with Crippen molar-refractivity contribution in [2.24, 2.45) is 0 Å². The molecule has 9 heteroatoms. The number of carbonyl (C=O) groups is 3. The number of amides is 3. The Labute approximate surface area is 228 Å². The molecule has 0 bridgehead atoms. The first-order chi connectivity index (χ1) is 18.8. The number of aromatic hydroxyl groups is 1. The predicted octanol–water partition coefficient (Wildman–Crippen LogP) is 2.46. The predicted molar refractivity (Wildman–Crippen MR) is 147 cm³/mol. The van der Waals surface area contributed by atoms with E-state index < -0.39 is 12.2 Å². The lowest BCUT2D eigenvalue weighted by atomic mass is 9.98. The summed E-state index contributed by atoms with van der Waals surface area (Å²) in [6.07, 6.45) is 0.403. The summed E-state index contributed by atoms with van der Waals surface area (Å²) >= 11 is 0. The number of rotatable bonds is 8. The van der Waals surface area contributed by atoms with E-state index in [9.17, 15) is 19.5 Å². The quantitative estimate of drug-likeness (QED) is 0.453. The van der Waals surface area contributed by atoms with Crippen LogP contribution >= 0.6 is 0 Å². The standard InChI is InChI=1S/C30H33N5O4/c1-31(17-23-7-4-3-5-8-23)25-10-6-9-24(15-25)18-33-19-28-34(21-36)32(2)20-29(38)35(28)27(30(33)39)16-22-11-13-26(37)14-12-22/h3-15,21,27-28,37H,16-20H2,1-2H3/t27-,28?/m0/s1. The van der Waals surface area contributed by atoms with Crippen LogP contribution < -0.4 is 4.90 Å². The van der Waals surface area contributed by atoms with Crippen molar-refractivity contribution in [3.05, 3.63) is 95.6 Å². The molecule has 0 radical (unpaired) electrons. The van der Waals surface area contributed by atoms with Gasteiger partial charge in [-0.1, -0.05) is 54.6 Å². The first-order valence-corrected chi connectivity index (χ1v) is 13.0. The van der Waals surface area contributed by atoms with Gasteiger partial charge in [-0.15, -0.1) is 0 Å². The third kappa shape index (κ3) is 5.58. The Bertz CT molecular complexity index is 1330. The van der Waals surface area contributed by atoms with Gasteiger partial charge >= 0.3 is 0 Å². The molecule has 2 fully saturated rings. The fourth-order valence-corrected chi connectivity index (χ4v) is 5.45. The lowest BCUT2D eigenvalue weighted by Crippen LogP contribution is -2.74. The van der Waals surface area contributed by atoms with E-state index in [-0.39, 0.29) is 37.1 Å². The van der Waals surface area contributed by atoms with Crippen LogP contribution in [0.25, 0.3) is 0 Å². The number of phenolic OH excluding ortho intramolecular Hbond substituents is 1. The van der Waals surface area contributed by atoms with Gasteiger partial charge < -0.3 is 19.8 Å². The summed E-state index contributed by atoms with van der Waals surface area (Å²) < 4.78 is 0. The molecule has 2 aliphatic heterocycles. The summed E-state index contributed by atoms with van der Waals surface area (Å²) in [5.41, 5.74) is 4.02. The number of piperazine rings is 1. The number of hydrogen-bond acceptors (Lipinski definition) is 6. The number of benzene rings is 3. The van der Waals surface area contributed by atoms with Crippen LogP contribution in [0.2, 0.25) is 0 Å². The van der Waals surface area contributed by atoms with Gasteiger partial charge in [0, 0.05) is 39.3 Å². The molecule has 2 aliphatic rings. The molecule has 3 aromatic carbocycles. The van der Waals surface area contributed by atoms with E-state index in [0.717, 1.165) is 29.8 Å². The molecule has 0 saturated carbocycles. The van der Waals surface area contributed by atoms with Gasteiger partial charge in [0.05, 0.1) is 13.1 Å². The van der Waals surface area contributed by atoms with Crippen molar-refractivity contribution in [1.82, 2.24) is 19.8 Å². The summed E-state index contributed by atoms with van der Waals surface area (Å²) in [5, 5.41) is 12.8. The number of likely N-dealkylation sites (N-methyl/N-ethyl adjacent to an activating group) is 1. The molecule has 1 unspecified atom stereocenters. The normalized spacial score (nSPS) is 19.7. The number of hydrazine groups is 1. The first kappa shape index (κ1) is 26.2. The van der Waals surface area contributed by atoms with Gasteiger partial charge in [0.25, 0.3) is 0 Å². The molecule has 0 aromatic heterocycles. The van der Waals surface area contributed by atoms with E-state index in [4.69, 9.17) is 0 Å². The van der Waals surface area contributed by atoms with Crippen LogP contribution in [0.4, 0.5) is 5.69 Å². The third-order valence-electron chi connectivity index (χ3n) is 7.45. The molecule has 2 heterocycles. The zero-order valence-electron chi connectivity index (χ0n) is 22.2. The zero-order valence-corrected chi connectivity index (χ0v) is 22.2. The second-order valence-corrected chi connectivity index (χ2v) is 10.2. The maximum Gasteiger partial charge on any atom is 0.246 e. The minimum absolute atomic E-state index is 0.0182. The molecular weight excluding hydrogens is 494 g/mol. The smallest absolute Gasteiger partial charge is 0.246 e. The van der Waals surface area contributed by atoms with Gasteiger partial charge in [0.1, 0.15) is 18.0 Å². The second kappa shape index (κ2) is 11.2. The number of nitrogens with zero attached hydrogens (tertiary/aromatic N) is 5. The van der Waals surface area contributed by atoms with Crippen molar-refractivity contribution in [3.8, 4) is 5.75 Å². The number of hydrogen-bond donors (Lipinski definition) is 1. The van der Waals surface area contributed by atoms with E-state index in [1.54, 1.807) is 46.1 Å². The molecule has 1 N–H and O–H groups in total. The van der Waals surface area contributed by atoms with Crippen molar-refractivity contribution in [2.75, 3.05) is 32.1 Å². The van der Waals surface area contributed by atoms with E-state index in [1.165, 1.54) is 10.6 Å². The third-order valence-corrected chi connectivity index (χ3v) is 7.45. The Balaban J connectivity index is 1.41. The Morgan fingerprint density at radius 1 is 0.949 bits per heavy atom. The molecule has 0 spiro atoms. The van der Waals surface area contributed by atoms with Gasteiger partial charge in [-0.05, 0) is 41.0 Å². The molecule has 39 heavy (non-hydrogen) atoms. The van der Waals surface area contributed by atoms with Crippen LogP contribution in [-0.4, -0.2) is 82.5 Å². The van der Waals surface area contributed by atoms with Crippen LogP contribution in [0.1, 0.15) is 16.7 Å². The summed E-state index contributed by atoms with van der Waals surface area (Å²) in [6, 6.07) is 24.2. The number of fused-ring (bicyclic) bond motifs is 1. The van der Waals surface area contributed by atoms with Gasteiger partial charge in [-0.25, -0.2) is 5.01 Å². The molecule has 2 saturated heterocycles. The lowest BCUT2D eigenvalue weighted by Gasteiger charge is -2.53. The van der Waals surface area contributed by atoms with Gasteiger partial charge in [0.15, 0.2) is 0 Å². The van der Waals surface area contributed by atoms with Crippen molar-refractivity contribution in [3.63, 3.8) is 0 Å². The van der Waals surface area contributed by atoms with Gasteiger partial charge in [0.2, 0.25) is 18.2 Å². The Hall–Kier alpha value is -4.37. The van der Waals surface area contributed by atoms with Crippen LogP contribution in [0.5, 0.6) is 5.75 Å². The highest BCUT2D eigenvalue weighted by Crippen LogP contribution is 2.29. The van der Waals surface area contributed by atoms with Gasteiger partial charge in [-0.2, -0.15) is 0 Å². The van der Waals surface area contributed by atoms with Gasteiger partial charge in [-0.3, -0.25) is 19.4 Å². The maximum atomic E-state index is 13.9. The van der Waals surface area contributed by atoms with Crippen molar-refractivity contribution < 1.29 is 19.5 Å². The zero-order chi connectivity index (χ0) is 27.5. The van der Waals surface area contributed by atoms with E-state index in [0.29, 0.717) is 6.54 Å². The number of anilines is 1. The summed E-state index contributed by atoms with van der Waals surface area (Å²) in [5.74, 6) is -0.221. The topological polar surface area (TPSA) is 87.6 Å². The number of phenols is 1. The van der Waals surface area contributed by atoms with Crippen LogP contribution in [0, 0.1) is 0 Å². The molecular formula is C30H33N5O4. The largest absolute Gasteiger partial charge is 0.508 e. The van der Waals surface area contributed by atoms with Crippen molar-refractivity contribution in [2.45, 2.75) is 31.7 Å². The molecule has 9 nitrogen and oxygen atoms in total. The molecule has 3 amide bonds. The summed E-state index contributed by atoms with van der Waals surface area (Å²) in [7, 11) is 3.74. The minimum Gasteiger partial charge on any atom is -0.508 e. The minimum atomic E-state index is -0.763. The highest BCUT2D eigenvalue weighted by Gasteiger charge is 2.48. The highest BCUT2D eigenvalue weighted by atomic mass is 16.3. The summed E-state index contributed by atoms with van der Waals surface area (Å²) in [6.45, 7) is 1.34. The highest BCUT2D eigenvalue weighted by molar-refractivity contribution is 5.91. The molecule has 3 aromatic rings. The monoisotopic (exact) mass is 527 g/mol. The second-order valence-electron chi connectivity index (χ2n) is 10.2. The van der Waals surface area contributed by atoms with Crippen LogP contribution in [-0.2, 0) is 33.9 Å². The lowest BCUT2D eigenvalue weighted by molar-refractivity contribution is -0.196. The maximum absolute atomic E-state index is 13.9. The van der Waals surface area contributed by atoms with E-state index in [1.807, 2.05) is 43.4 Å². The average molecular weight is 528 g/mol. The molecule has 202 valence electrons. The average Bonchev–Trinajstić information content (AvgIpc) is 2.93. The molecule has 5 rings (SSSR count). The first-order valence-electron chi connectivity index (χ1n) is 13.0. The van der Waals surface area contributed by atoms with Crippen molar-refractivity contribution >= 4 is 23.9 Å². The van der Waals surface area contributed by atoms with Crippen molar-refractivity contribution in [1.29, 1.82) is 0 Å². The Morgan fingerprint density at radius 2 is 1.67 bits per heavy atom. The van der Waals surface area contributed by atoms with E-state index >= 15 is 0 Å². The fraction of sp³-hybridized carbons (Fsp3) is 0.300. The fourth-order valence-electron chi connectivity index (χ4n) is 5.45.